The predicted octanol–water partition coefficient (Wildman–Crippen LogP) is 0.594. The lowest BCUT2D eigenvalue weighted by Crippen LogP contribution is -2.32. The van der Waals surface area contributed by atoms with Gasteiger partial charge >= 0.3 is 6.18 Å². The molecule has 1 aliphatic heterocycles. The van der Waals surface area contributed by atoms with E-state index in [4.69, 9.17) is 5.26 Å². The molecule has 0 fully saturated rings. The van der Waals surface area contributed by atoms with Crippen LogP contribution in [0.5, 0.6) is 0 Å². The summed E-state index contributed by atoms with van der Waals surface area (Å²) >= 11 is 0. The summed E-state index contributed by atoms with van der Waals surface area (Å²) in [4.78, 5) is 1.34. The summed E-state index contributed by atoms with van der Waals surface area (Å²) < 4.78 is 38.2. The standard InChI is InChI=1S/C7H6F3N5/c8-7(9,10)6-13-12-5-3-14(4-11)1-2-15(5)6/h1-3H2. The third kappa shape index (κ3) is 1.60. The minimum Gasteiger partial charge on any atom is -0.304 e. The van der Waals surface area contributed by atoms with Crippen LogP contribution in [0.3, 0.4) is 0 Å². The van der Waals surface area contributed by atoms with Gasteiger partial charge in [0.05, 0.1) is 6.54 Å². The van der Waals surface area contributed by atoms with Gasteiger partial charge in [0, 0.05) is 13.1 Å². The number of halogens is 3. The zero-order valence-electron chi connectivity index (χ0n) is 7.49. The van der Waals surface area contributed by atoms with Crippen molar-refractivity contribution in [3.8, 4) is 6.19 Å². The number of aromatic nitrogens is 3. The molecule has 1 aliphatic rings. The highest BCUT2D eigenvalue weighted by atomic mass is 19.4. The van der Waals surface area contributed by atoms with Gasteiger partial charge in [-0.2, -0.15) is 18.4 Å². The van der Waals surface area contributed by atoms with Gasteiger partial charge in [0.1, 0.15) is 0 Å². The molecule has 1 aromatic heterocycles. The molecule has 0 amide bonds. The number of nitriles is 1. The molecule has 80 valence electrons. The van der Waals surface area contributed by atoms with Crippen molar-refractivity contribution in [3.05, 3.63) is 11.6 Å². The Bertz CT molecular complexity index is 415. The predicted molar refractivity (Wildman–Crippen MR) is 41.0 cm³/mol. The van der Waals surface area contributed by atoms with E-state index < -0.39 is 12.0 Å². The summed E-state index contributed by atoms with van der Waals surface area (Å²) in [6.45, 7) is 0.426. The summed E-state index contributed by atoms with van der Waals surface area (Å²) in [5.74, 6) is -0.815. The molecule has 0 aliphatic carbocycles. The fraction of sp³-hybridized carbons (Fsp3) is 0.571. The quantitative estimate of drug-likeness (QED) is 0.597. The zero-order valence-corrected chi connectivity index (χ0v) is 7.49. The van der Waals surface area contributed by atoms with Crippen LogP contribution in [0.2, 0.25) is 0 Å². The molecule has 0 N–H and O–H groups in total. The van der Waals surface area contributed by atoms with Crippen LogP contribution in [0.25, 0.3) is 0 Å². The van der Waals surface area contributed by atoms with E-state index in [2.05, 4.69) is 10.2 Å². The second-order valence-corrected chi connectivity index (χ2v) is 3.11. The van der Waals surface area contributed by atoms with Gasteiger partial charge in [0.15, 0.2) is 12.0 Å². The molecule has 0 aromatic carbocycles. The number of rotatable bonds is 0. The molecule has 0 unspecified atom stereocenters. The maximum atomic E-state index is 12.4. The normalized spacial score (nSPS) is 16.0. The molecule has 8 heteroatoms. The molecular weight excluding hydrogens is 211 g/mol. The molecule has 1 aromatic rings. The summed E-state index contributed by atoms with van der Waals surface area (Å²) in [5.41, 5.74) is 0. The SMILES string of the molecule is N#CN1CCn2c(nnc2C(F)(F)F)C1. The van der Waals surface area contributed by atoms with Crippen molar-refractivity contribution in [1.29, 1.82) is 5.26 Å². The molecular formula is C7H6F3N5. The first-order valence-corrected chi connectivity index (χ1v) is 4.16. The van der Waals surface area contributed by atoms with E-state index in [1.807, 2.05) is 6.19 Å². The van der Waals surface area contributed by atoms with Gasteiger partial charge < -0.3 is 9.47 Å². The topological polar surface area (TPSA) is 57.7 Å². The Morgan fingerprint density at radius 1 is 1.27 bits per heavy atom. The maximum Gasteiger partial charge on any atom is 0.451 e. The first-order valence-electron chi connectivity index (χ1n) is 4.16. The highest BCUT2D eigenvalue weighted by Crippen LogP contribution is 2.29. The molecule has 2 heterocycles. The molecule has 0 radical (unpaired) electrons. The first-order chi connectivity index (χ1) is 7.02. The lowest BCUT2D eigenvalue weighted by molar-refractivity contribution is -0.147. The smallest absolute Gasteiger partial charge is 0.304 e. The number of hydrogen-bond donors (Lipinski definition) is 0. The van der Waals surface area contributed by atoms with Crippen molar-refractivity contribution < 1.29 is 13.2 Å². The monoisotopic (exact) mass is 217 g/mol. The van der Waals surface area contributed by atoms with Crippen molar-refractivity contribution in [2.45, 2.75) is 19.3 Å². The molecule has 2 rings (SSSR count). The number of alkyl halides is 3. The van der Waals surface area contributed by atoms with Gasteiger partial charge in [-0.3, -0.25) is 0 Å². The lowest BCUT2D eigenvalue weighted by Gasteiger charge is -2.22. The van der Waals surface area contributed by atoms with E-state index in [1.54, 1.807) is 0 Å². The fourth-order valence-corrected chi connectivity index (χ4v) is 1.45. The van der Waals surface area contributed by atoms with Gasteiger partial charge in [-0.15, -0.1) is 10.2 Å². The summed E-state index contributed by atoms with van der Waals surface area (Å²) in [6.07, 6.45) is -2.62. The number of nitrogens with zero attached hydrogens (tertiary/aromatic N) is 5. The van der Waals surface area contributed by atoms with E-state index in [-0.39, 0.29) is 25.5 Å². The van der Waals surface area contributed by atoms with E-state index in [0.29, 0.717) is 0 Å². The van der Waals surface area contributed by atoms with Crippen molar-refractivity contribution in [3.63, 3.8) is 0 Å². The second kappa shape index (κ2) is 3.12. The molecule has 0 spiro atoms. The van der Waals surface area contributed by atoms with Crippen LogP contribution in [0.15, 0.2) is 0 Å². The summed E-state index contributed by atoms with van der Waals surface area (Å²) in [5, 5.41) is 15.1. The fourth-order valence-electron chi connectivity index (χ4n) is 1.45. The third-order valence-electron chi connectivity index (χ3n) is 2.15. The van der Waals surface area contributed by atoms with Crippen LogP contribution in [-0.2, 0) is 19.3 Å². The maximum absolute atomic E-state index is 12.4. The Labute approximate surface area is 82.7 Å². The molecule has 5 nitrogen and oxygen atoms in total. The van der Waals surface area contributed by atoms with Crippen molar-refractivity contribution in [2.24, 2.45) is 0 Å². The van der Waals surface area contributed by atoms with Crippen molar-refractivity contribution >= 4 is 0 Å². The van der Waals surface area contributed by atoms with E-state index in [1.165, 1.54) is 4.90 Å². The van der Waals surface area contributed by atoms with Crippen LogP contribution < -0.4 is 0 Å². The lowest BCUT2D eigenvalue weighted by atomic mass is 10.3. The summed E-state index contributed by atoms with van der Waals surface area (Å²) in [7, 11) is 0. The molecule has 0 bridgehead atoms. The Morgan fingerprint density at radius 2 is 2.00 bits per heavy atom. The molecule has 0 atom stereocenters. The average molecular weight is 217 g/mol. The van der Waals surface area contributed by atoms with Crippen molar-refractivity contribution in [1.82, 2.24) is 19.7 Å². The number of hydrogen-bond acceptors (Lipinski definition) is 4. The Kier molecular flexibility index (Phi) is 2.03. The number of fused-ring (bicyclic) bond motifs is 1. The van der Waals surface area contributed by atoms with E-state index in [0.717, 1.165) is 4.57 Å². The molecule has 0 saturated heterocycles. The zero-order chi connectivity index (χ0) is 11.1. The molecule has 0 saturated carbocycles. The van der Waals surface area contributed by atoms with Crippen LogP contribution in [0, 0.1) is 11.5 Å². The van der Waals surface area contributed by atoms with Gasteiger partial charge in [0.25, 0.3) is 0 Å². The van der Waals surface area contributed by atoms with E-state index in [9.17, 15) is 13.2 Å². The van der Waals surface area contributed by atoms with E-state index >= 15 is 0 Å². The largest absolute Gasteiger partial charge is 0.451 e. The minimum atomic E-state index is -4.49. The Hall–Kier alpha value is -1.78. The van der Waals surface area contributed by atoms with Gasteiger partial charge in [-0.1, -0.05) is 0 Å². The van der Waals surface area contributed by atoms with Gasteiger partial charge in [-0.05, 0) is 0 Å². The first kappa shape index (κ1) is 9.76. The van der Waals surface area contributed by atoms with Crippen LogP contribution in [-0.4, -0.2) is 26.2 Å². The van der Waals surface area contributed by atoms with Crippen LogP contribution in [0.4, 0.5) is 13.2 Å². The minimum absolute atomic E-state index is 0.0829. The summed E-state index contributed by atoms with van der Waals surface area (Å²) in [6, 6.07) is 0. The molecule has 15 heavy (non-hydrogen) atoms. The third-order valence-corrected chi connectivity index (χ3v) is 2.15. The van der Waals surface area contributed by atoms with Crippen LogP contribution >= 0.6 is 0 Å². The van der Waals surface area contributed by atoms with Gasteiger partial charge in [0.2, 0.25) is 5.82 Å². The Balaban J connectivity index is 2.35. The highest BCUT2D eigenvalue weighted by molar-refractivity contribution is 5.03. The van der Waals surface area contributed by atoms with Crippen molar-refractivity contribution in [2.75, 3.05) is 6.54 Å². The highest BCUT2D eigenvalue weighted by Gasteiger charge is 2.39. The van der Waals surface area contributed by atoms with Crippen LogP contribution in [0.1, 0.15) is 11.6 Å². The Morgan fingerprint density at radius 3 is 2.60 bits per heavy atom. The average Bonchev–Trinajstić information content (AvgIpc) is 2.59. The second-order valence-electron chi connectivity index (χ2n) is 3.11. The van der Waals surface area contributed by atoms with Gasteiger partial charge in [-0.25, -0.2) is 0 Å².